The van der Waals surface area contributed by atoms with Gasteiger partial charge in [-0.1, -0.05) is 19.0 Å². The quantitative estimate of drug-likeness (QED) is 0.636. The van der Waals surface area contributed by atoms with Gasteiger partial charge in [0, 0.05) is 17.5 Å². The van der Waals surface area contributed by atoms with Crippen molar-refractivity contribution < 1.29 is 22.8 Å². The lowest BCUT2D eigenvalue weighted by molar-refractivity contribution is 0.283. The van der Waals surface area contributed by atoms with Crippen molar-refractivity contribution in [1.29, 1.82) is 0 Å². The van der Waals surface area contributed by atoms with E-state index in [9.17, 15) is 8.78 Å². The van der Waals surface area contributed by atoms with E-state index in [4.69, 9.17) is 14.0 Å². The number of ether oxygens (including phenoxy) is 2. The first-order valence-electron chi connectivity index (χ1n) is 8.06. The van der Waals surface area contributed by atoms with Crippen molar-refractivity contribution in [2.24, 2.45) is 0 Å². The smallest absolute Gasteiger partial charge is 0.229 e. The molecule has 5 nitrogen and oxygen atoms in total. The molecule has 1 heterocycles. The van der Waals surface area contributed by atoms with E-state index in [1.807, 2.05) is 13.8 Å². The molecule has 0 aliphatic rings. The zero-order valence-corrected chi connectivity index (χ0v) is 14.6. The number of methoxy groups -OCH3 is 1. The minimum atomic E-state index is -0.649. The predicted molar refractivity (Wildman–Crippen MR) is 91.1 cm³/mol. The van der Waals surface area contributed by atoms with Gasteiger partial charge in [0.1, 0.15) is 18.2 Å². The van der Waals surface area contributed by atoms with Crippen LogP contribution in [0.2, 0.25) is 0 Å². The number of benzene rings is 2. The van der Waals surface area contributed by atoms with Crippen molar-refractivity contribution in [3.63, 3.8) is 0 Å². The summed E-state index contributed by atoms with van der Waals surface area (Å²) in [6, 6.07) is 8.42. The van der Waals surface area contributed by atoms with Gasteiger partial charge < -0.3 is 14.0 Å². The molecule has 0 atom stereocenters. The van der Waals surface area contributed by atoms with E-state index in [1.165, 1.54) is 19.2 Å². The third-order valence-corrected chi connectivity index (χ3v) is 3.67. The first-order chi connectivity index (χ1) is 12.5. The monoisotopic (exact) mass is 360 g/mol. The molecule has 0 unspecified atom stereocenters. The summed E-state index contributed by atoms with van der Waals surface area (Å²) >= 11 is 0. The Kier molecular flexibility index (Phi) is 5.16. The Hall–Kier alpha value is -2.96. The molecule has 7 heteroatoms. The van der Waals surface area contributed by atoms with Crippen molar-refractivity contribution in [2.75, 3.05) is 7.11 Å². The van der Waals surface area contributed by atoms with Crippen LogP contribution < -0.4 is 9.47 Å². The standard InChI is InChI=1S/C19H18F2N2O3/c1-11(2)19-22-18(23-26-19)13-4-5-16(17(8-13)24-3)25-10-12-6-14(20)9-15(21)7-12/h4-9,11H,10H2,1-3H3. The molecular weight excluding hydrogens is 342 g/mol. The summed E-state index contributed by atoms with van der Waals surface area (Å²) in [5.41, 5.74) is 1.09. The second-order valence-electron chi connectivity index (χ2n) is 6.04. The summed E-state index contributed by atoms with van der Waals surface area (Å²) in [6.07, 6.45) is 0. The number of nitrogens with zero attached hydrogens (tertiary/aromatic N) is 2. The van der Waals surface area contributed by atoms with E-state index in [2.05, 4.69) is 10.1 Å². The molecule has 136 valence electrons. The summed E-state index contributed by atoms with van der Waals surface area (Å²) in [4.78, 5) is 4.34. The molecule has 0 fully saturated rings. The van der Waals surface area contributed by atoms with Gasteiger partial charge in [0.15, 0.2) is 11.5 Å². The topological polar surface area (TPSA) is 57.4 Å². The van der Waals surface area contributed by atoms with Crippen molar-refractivity contribution in [2.45, 2.75) is 26.4 Å². The maximum Gasteiger partial charge on any atom is 0.229 e. The predicted octanol–water partition coefficient (Wildman–Crippen LogP) is 4.73. The normalized spacial score (nSPS) is 11.0. The minimum Gasteiger partial charge on any atom is -0.493 e. The van der Waals surface area contributed by atoms with Crippen LogP contribution in [0.15, 0.2) is 40.9 Å². The van der Waals surface area contributed by atoms with E-state index in [-0.39, 0.29) is 12.5 Å². The van der Waals surface area contributed by atoms with E-state index < -0.39 is 11.6 Å². The Morgan fingerprint density at radius 1 is 1.04 bits per heavy atom. The number of halogens is 2. The van der Waals surface area contributed by atoms with E-state index in [0.717, 1.165) is 6.07 Å². The van der Waals surface area contributed by atoms with E-state index in [0.29, 0.717) is 34.3 Å². The number of hydrogen-bond donors (Lipinski definition) is 0. The van der Waals surface area contributed by atoms with Crippen LogP contribution in [-0.4, -0.2) is 17.3 Å². The Bertz CT molecular complexity index is 889. The summed E-state index contributed by atoms with van der Waals surface area (Å²) < 4.78 is 42.7. The van der Waals surface area contributed by atoms with Gasteiger partial charge in [-0.2, -0.15) is 4.98 Å². The largest absolute Gasteiger partial charge is 0.493 e. The average molecular weight is 360 g/mol. The SMILES string of the molecule is COc1cc(-c2noc(C(C)C)n2)ccc1OCc1cc(F)cc(F)c1. The van der Waals surface area contributed by atoms with Crippen molar-refractivity contribution >= 4 is 0 Å². The van der Waals surface area contributed by atoms with Crippen molar-refractivity contribution in [3.8, 4) is 22.9 Å². The maximum absolute atomic E-state index is 13.3. The lowest BCUT2D eigenvalue weighted by atomic mass is 10.2. The molecular formula is C19H18F2N2O3. The first kappa shape index (κ1) is 17.8. The van der Waals surface area contributed by atoms with Gasteiger partial charge in [0.05, 0.1) is 7.11 Å². The lowest BCUT2D eigenvalue weighted by Crippen LogP contribution is -1.99. The molecule has 2 aromatic carbocycles. The highest BCUT2D eigenvalue weighted by Crippen LogP contribution is 2.32. The Balaban J connectivity index is 1.80. The molecule has 0 spiro atoms. The fourth-order valence-electron chi connectivity index (χ4n) is 2.37. The Morgan fingerprint density at radius 3 is 2.38 bits per heavy atom. The van der Waals surface area contributed by atoms with Crippen LogP contribution in [0.25, 0.3) is 11.4 Å². The van der Waals surface area contributed by atoms with Gasteiger partial charge in [0.2, 0.25) is 11.7 Å². The first-order valence-corrected chi connectivity index (χ1v) is 8.06. The van der Waals surface area contributed by atoms with E-state index in [1.54, 1.807) is 18.2 Å². The molecule has 0 bridgehead atoms. The molecule has 0 aliphatic heterocycles. The maximum atomic E-state index is 13.3. The van der Waals surface area contributed by atoms with E-state index >= 15 is 0 Å². The minimum absolute atomic E-state index is 0.00406. The molecule has 0 amide bonds. The lowest BCUT2D eigenvalue weighted by Gasteiger charge is -2.11. The molecule has 0 radical (unpaired) electrons. The van der Waals surface area contributed by atoms with Crippen LogP contribution in [0.3, 0.4) is 0 Å². The molecule has 1 aromatic heterocycles. The third-order valence-electron chi connectivity index (χ3n) is 3.67. The van der Waals surface area contributed by atoms with Crippen LogP contribution in [-0.2, 0) is 6.61 Å². The zero-order valence-electron chi connectivity index (χ0n) is 14.6. The van der Waals surface area contributed by atoms with Crippen LogP contribution in [0.4, 0.5) is 8.78 Å². The molecule has 3 aromatic rings. The summed E-state index contributed by atoms with van der Waals surface area (Å²) in [7, 11) is 1.50. The van der Waals surface area contributed by atoms with Gasteiger partial charge in [-0.3, -0.25) is 0 Å². The second-order valence-corrected chi connectivity index (χ2v) is 6.04. The van der Waals surface area contributed by atoms with Gasteiger partial charge >= 0.3 is 0 Å². The molecule has 0 N–H and O–H groups in total. The van der Waals surface area contributed by atoms with Crippen molar-refractivity contribution in [1.82, 2.24) is 10.1 Å². The number of hydrogen-bond acceptors (Lipinski definition) is 5. The fourth-order valence-corrected chi connectivity index (χ4v) is 2.37. The number of aromatic nitrogens is 2. The van der Waals surface area contributed by atoms with Crippen LogP contribution >= 0.6 is 0 Å². The fraction of sp³-hybridized carbons (Fsp3) is 0.263. The van der Waals surface area contributed by atoms with Gasteiger partial charge in [-0.25, -0.2) is 8.78 Å². The zero-order chi connectivity index (χ0) is 18.7. The molecule has 0 saturated heterocycles. The summed E-state index contributed by atoms with van der Waals surface area (Å²) in [5.74, 6) is 0.724. The van der Waals surface area contributed by atoms with Gasteiger partial charge in [-0.05, 0) is 35.9 Å². The average Bonchev–Trinajstić information content (AvgIpc) is 3.09. The van der Waals surface area contributed by atoms with Crippen molar-refractivity contribution in [3.05, 3.63) is 59.5 Å². The highest BCUT2D eigenvalue weighted by Gasteiger charge is 2.14. The molecule has 3 rings (SSSR count). The summed E-state index contributed by atoms with van der Waals surface area (Å²) in [6.45, 7) is 3.93. The summed E-state index contributed by atoms with van der Waals surface area (Å²) in [5, 5.41) is 3.96. The van der Waals surface area contributed by atoms with Crippen LogP contribution in [0.1, 0.15) is 31.2 Å². The second kappa shape index (κ2) is 7.51. The highest BCUT2D eigenvalue weighted by molar-refractivity contribution is 5.60. The highest BCUT2D eigenvalue weighted by atomic mass is 19.1. The Morgan fingerprint density at radius 2 is 1.77 bits per heavy atom. The van der Waals surface area contributed by atoms with Crippen LogP contribution in [0.5, 0.6) is 11.5 Å². The Labute approximate surface area is 149 Å². The van der Waals surface area contributed by atoms with Crippen LogP contribution in [0, 0.1) is 11.6 Å². The van der Waals surface area contributed by atoms with Gasteiger partial charge in [0.25, 0.3) is 0 Å². The third kappa shape index (κ3) is 3.99. The molecule has 0 aliphatic carbocycles. The van der Waals surface area contributed by atoms with Gasteiger partial charge in [-0.15, -0.1) is 0 Å². The molecule has 26 heavy (non-hydrogen) atoms. The molecule has 0 saturated carbocycles. The number of rotatable bonds is 6.